The Morgan fingerprint density at radius 3 is 2.07 bits per heavy atom. The van der Waals surface area contributed by atoms with Crippen molar-refractivity contribution in [2.24, 2.45) is 0 Å². The standard InChI is InChI=1S/C22H27N5O/c1-3-22(2,26-14-16-28-17-15-26)21-23-24-25-27(21)20(18-10-6-4-7-11-18)19-12-8-5-9-13-19/h4-13,20H,3,14-17H2,1-2H3/t22-/m1/s1. The molecule has 0 amide bonds. The van der Waals surface area contributed by atoms with Gasteiger partial charge in [-0.3, -0.25) is 4.90 Å². The second kappa shape index (κ2) is 8.20. The fourth-order valence-electron chi connectivity index (χ4n) is 4.05. The molecule has 1 aromatic heterocycles. The smallest absolute Gasteiger partial charge is 0.172 e. The van der Waals surface area contributed by atoms with Crippen molar-refractivity contribution in [2.45, 2.75) is 31.8 Å². The Labute approximate surface area is 166 Å². The van der Waals surface area contributed by atoms with Crippen molar-refractivity contribution in [1.82, 2.24) is 25.1 Å². The first-order chi connectivity index (χ1) is 13.7. The van der Waals surface area contributed by atoms with E-state index in [9.17, 15) is 0 Å². The summed E-state index contributed by atoms with van der Waals surface area (Å²) in [6, 6.07) is 20.8. The molecule has 1 fully saturated rings. The maximum absolute atomic E-state index is 5.57. The molecule has 0 bridgehead atoms. The van der Waals surface area contributed by atoms with Gasteiger partial charge >= 0.3 is 0 Å². The highest BCUT2D eigenvalue weighted by Gasteiger charge is 2.39. The molecule has 1 aliphatic rings. The Balaban J connectivity index is 1.82. The number of rotatable bonds is 6. The average molecular weight is 377 g/mol. The third-order valence-corrected chi connectivity index (χ3v) is 5.85. The van der Waals surface area contributed by atoms with Crippen molar-refractivity contribution in [2.75, 3.05) is 26.3 Å². The summed E-state index contributed by atoms with van der Waals surface area (Å²) in [7, 11) is 0. The van der Waals surface area contributed by atoms with Gasteiger partial charge in [-0.15, -0.1) is 5.10 Å². The quantitative estimate of drug-likeness (QED) is 0.660. The van der Waals surface area contributed by atoms with E-state index in [4.69, 9.17) is 4.74 Å². The highest BCUT2D eigenvalue weighted by molar-refractivity contribution is 5.33. The normalized spacial score (nSPS) is 17.5. The van der Waals surface area contributed by atoms with Gasteiger partial charge in [-0.05, 0) is 34.9 Å². The van der Waals surface area contributed by atoms with Gasteiger partial charge in [0.1, 0.15) is 6.04 Å². The van der Waals surface area contributed by atoms with Crippen LogP contribution < -0.4 is 0 Å². The van der Waals surface area contributed by atoms with Gasteiger partial charge in [-0.25, -0.2) is 4.68 Å². The van der Waals surface area contributed by atoms with E-state index in [-0.39, 0.29) is 11.6 Å². The summed E-state index contributed by atoms with van der Waals surface area (Å²) < 4.78 is 7.58. The molecular weight excluding hydrogens is 350 g/mol. The van der Waals surface area contributed by atoms with Crippen LogP contribution in [0.15, 0.2) is 60.7 Å². The number of benzene rings is 2. The molecule has 0 aliphatic carbocycles. The predicted octanol–water partition coefficient (Wildman–Crippen LogP) is 3.27. The number of ether oxygens (including phenoxy) is 1. The van der Waals surface area contributed by atoms with Gasteiger partial charge in [0.2, 0.25) is 0 Å². The molecule has 2 heterocycles. The van der Waals surface area contributed by atoms with E-state index in [1.165, 1.54) is 11.1 Å². The van der Waals surface area contributed by atoms with E-state index >= 15 is 0 Å². The van der Waals surface area contributed by atoms with Crippen molar-refractivity contribution in [3.63, 3.8) is 0 Å². The number of nitrogens with zero attached hydrogens (tertiary/aromatic N) is 5. The number of hydrogen-bond donors (Lipinski definition) is 0. The molecule has 1 aliphatic heterocycles. The van der Waals surface area contributed by atoms with E-state index in [2.05, 4.69) is 82.8 Å². The van der Waals surface area contributed by atoms with Gasteiger partial charge < -0.3 is 4.74 Å². The monoisotopic (exact) mass is 377 g/mol. The van der Waals surface area contributed by atoms with E-state index in [1.54, 1.807) is 0 Å². The molecule has 0 unspecified atom stereocenters. The SMILES string of the molecule is CC[C@](C)(c1nnnn1C(c1ccccc1)c1ccccc1)N1CCOCC1. The summed E-state index contributed by atoms with van der Waals surface area (Å²) >= 11 is 0. The highest BCUT2D eigenvalue weighted by atomic mass is 16.5. The Morgan fingerprint density at radius 2 is 1.54 bits per heavy atom. The molecule has 6 nitrogen and oxygen atoms in total. The zero-order valence-corrected chi connectivity index (χ0v) is 16.5. The summed E-state index contributed by atoms with van der Waals surface area (Å²) in [6.07, 6.45) is 0.920. The minimum atomic E-state index is -0.255. The maximum Gasteiger partial charge on any atom is 0.172 e. The van der Waals surface area contributed by atoms with Crippen LogP contribution in [0.3, 0.4) is 0 Å². The van der Waals surface area contributed by atoms with Crippen molar-refractivity contribution >= 4 is 0 Å². The molecule has 0 saturated carbocycles. The highest BCUT2D eigenvalue weighted by Crippen LogP contribution is 2.35. The van der Waals surface area contributed by atoms with E-state index in [0.717, 1.165) is 38.5 Å². The lowest BCUT2D eigenvalue weighted by Gasteiger charge is -2.42. The molecule has 1 atom stereocenters. The Hall–Kier alpha value is -2.57. The molecule has 0 N–H and O–H groups in total. The van der Waals surface area contributed by atoms with E-state index in [1.807, 2.05) is 16.8 Å². The topological polar surface area (TPSA) is 56.1 Å². The molecule has 28 heavy (non-hydrogen) atoms. The maximum atomic E-state index is 5.57. The van der Waals surface area contributed by atoms with Gasteiger partial charge in [0, 0.05) is 13.1 Å². The van der Waals surface area contributed by atoms with Gasteiger partial charge in [-0.2, -0.15) is 0 Å². The van der Waals surface area contributed by atoms with Crippen LogP contribution in [0, 0.1) is 0 Å². The van der Waals surface area contributed by atoms with Crippen LogP contribution in [-0.4, -0.2) is 51.4 Å². The van der Waals surface area contributed by atoms with Crippen molar-refractivity contribution in [3.05, 3.63) is 77.6 Å². The van der Waals surface area contributed by atoms with E-state index < -0.39 is 0 Å². The van der Waals surface area contributed by atoms with Crippen molar-refractivity contribution in [3.8, 4) is 0 Å². The molecule has 1 saturated heterocycles. The summed E-state index contributed by atoms with van der Waals surface area (Å²) in [5.74, 6) is 0.898. The van der Waals surface area contributed by atoms with Gasteiger partial charge in [-0.1, -0.05) is 67.6 Å². The minimum Gasteiger partial charge on any atom is -0.379 e. The number of morpholine rings is 1. The molecule has 146 valence electrons. The van der Waals surface area contributed by atoms with Gasteiger partial charge in [0.05, 0.1) is 18.8 Å². The molecular formula is C22H27N5O. The molecule has 2 aromatic carbocycles. The lowest BCUT2D eigenvalue weighted by atomic mass is 9.92. The molecule has 0 radical (unpaired) electrons. The van der Waals surface area contributed by atoms with Crippen molar-refractivity contribution < 1.29 is 4.74 Å². The first-order valence-electron chi connectivity index (χ1n) is 9.95. The zero-order chi connectivity index (χ0) is 19.4. The predicted molar refractivity (Wildman–Crippen MR) is 108 cm³/mol. The van der Waals surface area contributed by atoms with Crippen LogP contribution in [0.5, 0.6) is 0 Å². The summed E-state index contributed by atoms with van der Waals surface area (Å²) in [5, 5.41) is 13.1. The second-order valence-corrected chi connectivity index (χ2v) is 7.40. The fraction of sp³-hybridized carbons (Fsp3) is 0.409. The largest absolute Gasteiger partial charge is 0.379 e. The van der Waals surface area contributed by atoms with Gasteiger partial charge in [0.15, 0.2) is 5.82 Å². The minimum absolute atomic E-state index is 0.0701. The van der Waals surface area contributed by atoms with E-state index in [0.29, 0.717) is 0 Å². The van der Waals surface area contributed by atoms with Crippen LogP contribution in [-0.2, 0) is 10.3 Å². The molecule has 4 rings (SSSR count). The first-order valence-corrected chi connectivity index (χ1v) is 9.95. The average Bonchev–Trinajstić information content (AvgIpc) is 3.25. The molecule has 6 heteroatoms. The van der Waals surface area contributed by atoms with Crippen LogP contribution >= 0.6 is 0 Å². The Morgan fingerprint density at radius 1 is 0.964 bits per heavy atom. The zero-order valence-electron chi connectivity index (χ0n) is 16.5. The van der Waals surface area contributed by atoms with Crippen LogP contribution in [0.25, 0.3) is 0 Å². The van der Waals surface area contributed by atoms with Crippen LogP contribution in [0.4, 0.5) is 0 Å². The lowest BCUT2D eigenvalue weighted by molar-refractivity contribution is -0.0250. The molecule has 3 aromatic rings. The number of hydrogen-bond acceptors (Lipinski definition) is 5. The van der Waals surface area contributed by atoms with Crippen LogP contribution in [0.1, 0.15) is 43.3 Å². The second-order valence-electron chi connectivity index (χ2n) is 7.40. The van der Waals surface area contributed by atoms with Crippen molar-refractivity contribution in [1.29, 1.82) is 0 Å². The Bertz CT molecular complexity index is 837. The Kier molecular flexibility index (Phi) is 5.50. The fourth-order valence-corrected chi connectivity index (χ4v) is 4.05. The third-order valence-electron chi connectivity index (χ3n) is 5.85. The van der Waals surface area contributed by atoms with Gasteiger partial charge in [0.25, 0.3) is 0 Å². The summed E-state index contributed by atoms with van der Waals surface area (Å²) in [4.78, 5) is 2.45. The number of tetrazole rings is 1. The summed E-state index contributed by atoms with van der Waals surface area (Å²) in [5.41, 5.74) is 2.08. The number of aromatic nitrogens is 4. The van der Waals surface area contributed by atoms with Crippen LogP contribution in [0.2, 0.25) is 0 Å². The lowest BCUT2D eigenvalue weighted by Crippen LogP contribution is -2.51. The summed E-state index contributed by atoms with van der Waals surface area (Å²) in [6.45, 7) is 7.72. The molecule has 0 spiro atoms. The third kappa shape index (κ3) is 3.45. The first kappa shape index (κ1) is 18.8.